The van der Waals surface area contributed by atoms with Crippen molar-refractivity contribution in [2.24, 2.45) is 0 Å². The summed E-state index contributed by atoms with van der Waals surface area (Å²) in [4.78, 5) is 44.9. The van der Waals surface area contributed by atoms with Crippen LogP contribution in [0.3, 0.4) is 0 Å². The summed E-state index contributed by atoms with van der Waals surface area (Å²) in [7, 11) is 0. The Morgan fingerprint density at radius 3 is 2.24 bits per heavy atom. The summed E-state index contributed by atoms with van der Waals surface area (Å²) in [5.41, 5.74) is 0.980. The predicted molar refractivity (Wildman–Crippen MR) is 90.6 cm³/mol. The molecule has 1 rings (SSSR count). The van der Waals surface area contributed by atoms with Crippen LogP contribution in [-0.4, -0.2) is 47.9 Å². The third-order valence-corrected chi connectivity index (χ3v) is 3.34. The molecule has 0 aromatic heterocycles. The molecule has 1 aromatic rings. The minimum Gasteiger partial charge on any atom is -0.481 e. The first-order valence-electron chi connectivity index (χ1n) is 7.93. The Bertz CT molecular complexity index is 604. The van der Waals surface area contributed by atoms with Crippen LogP contribution in [0.2, 0.25) is 0 Å². The van der Waals surface area contributed by atoms with Crippen molar-refractivity contribution in [1.82, 2.24) is 16.0 Å². The van der Waals surface area contributed by atoms with E-state index in [1.807, 2.05) is 30.3 Å². The lowest BCUT2D eigenvalue weighted by Crippen LogP contribution is -2.45. The number of carboxylic acids is 1. The van der Waals surface area contributed by atoms with Crippen LogP contribution in [0.4, 0.5) is 0 Å². The van der Waals surface area contributed by atoms with E-state index in [0.717, 1.165) is 5.56 Å². The molecule has 3 amide bonds. The van der Waals surface area contributed by atoms with E-state index in [9.17, 15) is 19.2 Å². The summed E-state index contributed by atoms with van der Waals surface area (Å²) < 4.78 is 0. The average molecular weight is 349 g/mol. The highest BCUT2D eigenvalue weighted by molar-refractivity contribution is 5.87. The van der Waals surface area contributed by atoms with E-state index >= 15 is 0 Å². The molecule has 0 spiro atoms. The summed E-state index contributed by atoms with van der Waals surface area (Å²) in [6.45, 7) is 0.850. The lowest BCUT2D eigenvalue weighted by Gasteiger charge is -2.18. The number of hydrogen-bond donors (Lipinski definition) is 4. The first kappa shape index (κ1) is 20.1. The smallest absolute Gasteiger partial charge is 0.303 e. The van der Waals surface area contributed by atoms with Crippen molar-refractivity contribution in [2.75, 3.05) is 13.1 Å². The van der Waals surface area contributed by atoms with Gasteiger partial charge in [0.05, 0.1) is 13.1 Å². The summed E-state index contributed by atoms with van der Waals surface area (Å²) in [6.07, 6.45) is 0.724. The van der Waals surface area contributed by atoms with Crippen molar-refractivity contribution in [3.05, 3.63) is 35.9 Å². The van der Waals surface area contributed by atoms with Gasteiger partial charge in [-0.15, -0.1) is 0 Å². The molecule has 0 bridgehead atoms. The van der Waals surface area contributed by atoms with Crippen LogP contribution in [-0.2, 0) is 25.6 Å². The standard InChI is InChI=1S/C17H23N3O5/c1-12(21)18-10-15(22)19-11-16(23)20-14(7-8-17(24)25)9-13-5-3-2-4-6-13/h2-6,14H,7-11H2,1H3,(H,18,21)(H,19,22)(H,20,23)(H,24,25). The molecule has 25 heavy (non-hydrogen) atoms. The highest BCUT2D eigenvalue weighted by atomic mass is 16.4. The average Bonchev–Trinajstić information content (AvgIpc) is 2.57. The second-order valence-corrected chi connectivity index (χ2v) is 5.57. The number of carboxylic acid groups (broad SMARTS) is 1. The van der Waals surface area contributed by atoms with Crippen LogP contribution in [0.15, 0.2) is 30.3 Å². The molecule has 4 N–H and O–H groups in total. The molecule has 0 aliphatic heterocycles. The number of hydrogen-bond acceptors (Lipinski definition) is 4. The number of carbonyl (C=O) groups excluding carboxylic acids is 3. The number of benzene rings is 1. The van der Waals surface area contributed by atoms with Crippen LogP contribution < -0.4 is 16.0 Å². The van der Waals surface area contributed by atoms with Crippen LogP contribution in [0.1, 0.15) is 25.3 Å². The van der Waals surface area contributed by atoms with Gasteiger partial charge in [-0.25, -0.2) is 0 Å². The zero-order chi connectivity index (χ0) is 18.7. The molecular formula is C17H23N3O5. The van der Waals surface area contributed by atoms with E-state index in [1.165, 1.54) is 6.92 Å². The zero-order valence-corrected chi connectivity index (χ0v) is 14.1. The number of carbonyl (C=O) groups is 4. The van der Waals surface area contributed by atoms with Gasteiger partial charge in [-0.05, 0) is 18.4 Å². The maximum Gasteiger partial charge on any atom is 0.303 e. The van der Waals surface area contributed by atoms with Crippen LogP contribution in [0, 0.1) is 0 Å². The van der Waals surface area contributed by atoms with Gasteiger partial charge in [-0.3, -0.25) is 19.2 Å². The monoisotopic (exact) mass is 349 g/mol. The Morgan fingerprint density at radius 1 is 1.00 bits per heavy atom. The second kappa shape index (κ2) is 10.8. The Kier molecular flexibility index (Phi) is 8.70. The van der Waals surface area contributed by atoms with Crippen LogP contribution >= 0.6 is 0 Å². The van der Waals surface area contributed by atoms with Gasteiger partial charge in [-0.1, -0.05) is 30.3 Å². The zero-order valence-electron chi connectivity index (χ0n) is 14.1. The fourth-order valence-corrected chi connectivity index (χ4v) is 2.15. The Hall–Kier alpha value is -2.90. The first-order valence-corrected chi connectivity index (χ1v) is 7.93. The first-order chi connectivity index (χ1) is 11.9. The van der Waals surface area contributed by atoms with Crippen molar-refractivity contribution in [3.8, 4) is 0 Å². The number of nitrogens with one attached hydrogen (secondary N) is 3. The quantitative estimate of drug-likeness (QED) is 0.467. The fraction of sp³-hybridized carbons (Fsp3) is 0.412. The number of amides is 3. The van der Waals surface area contributed by atoms with Gasteiger partial charge in [0.15, 0.2) is 0 Å². The topological polar surface area (TPSA) is 125 Å². The predicted octanol–water partition coefficient (Wildman–Crippen LogP) is -0.169. The number of rotatable bonds is 10. The molecule has 8 nitrogen and oxygen atoms in total. The molecule has 0 aliphatic carbocycles. The van der Waals surface area contributed by atoms with Gasteiger partial charge in [0.1, 0.15) is 0 Å². The van der Waals surface area contributed by atoms with E-state index in [-0.39, 0.29) is 37.9 Å². The summed E-state index contributed by atoms with van der Waals surface area (Å²) in [5.74, 6) is -2.16. The van der Waals surface area contributed by atoms with Gasteiger partial charge >= 0.3 is 5.97 Å². The highest BCUT2D eigenvalue weighted by Crippen LogP contribution is 2.08. The molecule has 0 saturated carbocycles. The van der Waals surface area contributed by atoms with Crippen LogP contribution in [0.25, 0.3) is 0 Å². The van der Waals surface area contributed by atoms with Crippen molar-refractivity contribution in [2.45, 2.75) is 32.2 Å². The molecule has 0 fully saturated rings. The van der Waals surface area contributed by atoms with Gasteiger partial charge in [0.2, 0.25) is 17.7 Å². The third-order valence-electron chi connectivity index (χ3n) is 3.34. The fourth-order valence-electron chi connectivity index (χ4n) is 2.15. The van der Waals surface area contributed by atoms with Crippen LogP contribution in [0.5, 0.6) is 0 Å². The summed E-state index contributed by atoms with van der Waals surface area (Å²) >= 11 is 0. The van der Waals surface area contributed by atoms with Crippen molar-refractivity contribution >= 4 is 23.7 Å². The van der Waals surface area contributed by atoms with Crippen molar-refractivity contribution in [1.29, 1.82) is 0 Å². The molecule has 0 radical (unpaired) electrons. The Balaban J connectivity index is 2.49. The van der Waals surface area contributed by atoms with Gasteiger partial charge in [0, 0.05) is 19.4 Å². The minimum absolute atomic E-state index is 0.0628. The maximum absolute atomic E-state index is 12.0. The SMILES string of the molecule is CC(=O)NCC(=O)NCC(=O)NC(CCC(=O)O)Cc1ccccc1. The number of aliphatic carboxylic acids is 1. The molecule has 0 saturated heterocycles. The van der Waals surface area contributed by atoms with Gasteiger partial charge < -0.3 is 21.1 Å². The maximum atomic E-state index is 12.0. The normalized spacial score (nSPS) is 11.2. The Labute approximate surface area is 146 Å². The summed E-state index contributed by atoms with van der Waals surface area (Å²) in [5, 5.41) is 16.3. The molecule has 0 heterocycles. The molecule has 1 unspecified atom stereocenters. The minimum atomic E-state index is -0.934. The van der Waals surface area contributed by atoms with E-state index in [4.69, 9.17) is 5.11 Å². The van der Waals surface area contributed by atoms with Gasteiger partial charge in [0.25, 0.3) is 0 Å². The molecule has 1 aromatic carbocycles. The van der Waals surface area contributed by atoms with E-state index < -0.39 is 17.8 Å². The third kappa shape index (κ3) is 9.75. The van der Waals surface area contributed by atoms with E-state index in [1.54, 1.807) is 0 Å². The van der Waals surface area contributed by atoms with Crippen molar-refractivity contribution in [3.63, 3.8) is 0 Å². The Morgan fingerprint density at radius 2 is 1.64 bits per heavy atom. The lowest BCUT2D eigenvalue weighted by molar-refractivity contribution is -0.137. The molecule has 8 heteroatoms. The second-order valence-electron chi connectivity index (χ2n) is 5.57. The van der Waals surface area contributed by atoms with E-state index in [2.05, 4.69) is 16.0 Å². The van der Waals surface area contributed by atoms with Gasteiger partial charge in [-0.2, -0.15) is 0 Å². The molecular weight excluding hydrogens is 326 g/mol. The molecule has 0 aliphatic rings. The highest BCUT2D eigenvalue weighted by Gasteiger charge is 2.15. The molecule has 1 atom stereocenters. The lowest BCUT2D eigenvalue weighted by atomic mass is 10.0. The van der Waals surface area contributed by atoms with E-state index in [0.29, 0.717) is 6.42 Å². The largest absolute Gasteiger partial charge is 0.481 e. The van der Waals surface area contributed by atoms with Crippen molar-refractivity contribution < 1.29 is 24.3 Å². The summed E-state index contributed by atoms with van der Waals surface area (Å²) in [6, 6.07) is 9.06. The molecule has 136 valence electrons.